The molecular formula is C12H21NO4. The summed E-state index contributed by atoms with van der Waals surface area (Å²) in [6.45, 7) is 3.15. The van der Waals surface area contributed by atoms with Crippen LogP contribution in [-0.4, -0.2) is 46.7 Å². The molecule has 0 radical (unpaired) electrons. The first kappa shape index (κ1) is 14.0. The minimum atomic E-state index is -0.793. The van der Waals surface area contributed by atoms with Crippen LogP contribution in [0.15, 0.2) is 0 Å². The molecule has 5 heteroatoms. The molecule has 0 heterocycles. The Morgan fingerprint density at radius 3 is 2.41 bits per heavy atom. The number of carboxylic acid groups (broad SMARTS) is 1. The average Bonchev–Trinajstić information content (AvgIpc) is 2.79. The number of aliphatic carboxylic acids is 1. The van der Waals surface area contributed by atoms with Gasteiger partial charge in [-0.25, -0.2) is 0 Å². The summed E-state index contributed by atoms with van der Waals surface area (Å²) in [6, 6.07) is 0. The Morgan fingerprint density at radius 1 is 1.29 bits per heavy atom. The summed E-state index contributed by atoms with van der Waals surface area (Å²) in [7, 11) is 0. The van der Waals surface area contributed by atoms with Gasteiger partial charge in [0.25, 0.3) is 0 Å². The van der Waals surface area contributed by atoms with Crippen LogP contribution in [0.25, 0.3) is 0 Å². The molecule has 0 spiro atoms. The predicted molar refractivity (Wildman–Crippen MR) is 62.4 cm³/mol. The molecule has 0 aromatic carbocycles. The van der Waals surface area contributed by atoms with Crippen LogP contribution in [0.5, 0.6) is 0 Å². The Labute approximate surface area is 101 Å². The monoisotopic (exact) mass is 243 g/mol. The minimum absolute atomic E-state index is 0.0460. The summed E-state index contributed by atoms with van der Waals surface area (Å²) >= 11 is 0. The zero-order valence-electron chi connectivity index (χ0n) is 10.3. The number of hydrogen-bond acceptors (Lipinski definition) is 3. The van der Waals surface area contributed by atoms with Crippen molar-refractivity contribution in [1.29, 1.82) is 0 Å². The maximum absolute atomic E-state index is 12.1. The fourth-order valence-electron chi connectivity index (χ4n) is 2.37. The van der Waals surface area contributed by atoms with Crippen molar-refractivity contribution in [3.05, 3.63) is 0 Å². The number of aliphatic hydroxyl groups excluding tert-OH is 1. The van der Waals surface area contributed by atoms with E-state index in [1.165, 1.54) is 0 Å². The number of carbonyl (C=O) groups is 2. The number of hydrogen-bond donors (Lipinski definition) is 2. The van der Waals surface area contributed by atoms with Crippen LogP contribution in [-0.2, 0) is 9.59 Å². The number of nitrogens with zero attached hydrogens (tertiary/aromatic N) is 1. The fraction of sp³-hybridized carbons (Fsp3) is 0.833. The van der Waals surface area contributed by atoms with E-state index in [1.54, 1.807) is 4.90 Å². The summed E-state index contributed by atoms with van der Waals surface area (Å²) in [6.07, 6.45) is 2.31. The second kappa shape index (κ2) is 6.59. The van der Waals surface area contributed by atoms with Crippen LogP contribution in [0.4, 0.5) is 0 Å². The Bertz CT molecular complexity index is 280. The summed E-state index contributed by atoms with van der Waals surface area (Å²) < 4.78 is 0. The second-order valence-corrected chi connectivity index (χ2v) is 4.54. The highest BCUT2D eigenvalue weighted by atomic mass is 16.4. The Balaban J connectivity index is 2.49. The first-order chi connectivity index (χ1) is 8.10. The highest BCUT2D eigenvalue weighted by Gasteiger charge is 2.35. The molecule has 2 atom stereocenters. The highest BCUT2D eigenvalue weighted by Crippen LogP contribution is 2.32. The zero-order chi connectivity index (χ0) is 12.8. The van der Waals surface area contributed by atoms with Gasteiger partial charge in [0.15, 0.2) is 0 Å². The molecule has 5 nitrogen and oxygen atoms in total. The quantitative estimate of drug-likeness (QED) is 0.720. The van der Waals surface area contributed by atoms with Crippen LogP contribution in [0.3, 0.4) is 0 Å². The van der Waals surface area contributed by atoms with Gasteiger partial charge in [0, 0.05) is 25.6 Å². The van der Waals surface area contributed by atoms with Crippen molar-refractivity contribution in [1.82, 2.24) is 4.90 Å². The topological polar surface area (TPSA) is 77.8 Å². The van der Waals surface area contributed by atoms with Crippen LogP contribution in [0.2, 0.25) is 0 Å². The van der Waals surface area contributed by atoms with E-state index in [-0.39, 0.29) is 24.3 Å². The Morgan fingerprint density at radius 2 is 1.94 bits per heavy atom. The van der Waals surface area contributed by atoms with E-state index in [1.807, 2.05) is 6.92 Å². The van der Waals surface area contributed by atoms with Gasteiger partial charge in [0.2, 0.25) is 5.91 Å². The van der Waals surface area contributed by atoms with Crippen molar-refractivity contribution in [3.8, 4) is 0 Å². The van der Waals surface area contributed by atoms with Gasteiger partial charge in [-0.1, -0.05) is 0 Å². The van der Waals surface area contributed by atoms with Gasteiger partial charge in [0.1, 0.15) is 0 Å². The molecule has 0 aromatic heterocycles. The van der Waals surface area contributed by atoms with E-state index >= 15 is 0 Å². The fourth-order valence-corrected chi connectivity index (χ4v) is 2.37. The van der Waals surface area contributed by atoms with Crippen molar-refractivity contribution in [3.63, 3.8) is 0 Å². The summed E-state index contributed by atoms with van der Waals surface area (Å²) in [5.41, 5.74) is 0. The summed E-state index contributed by atoms with van der Waals surface area (Å²) in [4.78, 5) is 24.6. The van der Waals surface area contributed by atoms with Crippen molar-refractivity contribution in [2.45, 2.75) is 32.6 Å². The molecule has 0 saturated heterocycles. The molecule has 1 saturated carbocycles. The molecular weight excluding hydrogens is 222 g/mol. The molecule has 0 aliphatic heterocycles. The molecule has 2 N–H and O–H groups in total. The SMILES string of the molecule is CCN(CCCO)C(=O)C1CCC(C(=O)O)C1. The van der Waals surface area contributed by atoms with E-state index in [9.17, 15) is 9.59 Å². The average molecular weight is 243 g/mol. The lowest BCUT2D eigenvalue weighted by Crippen LogP contribution is -2.36. The molecule has 0 aromatic rings. The van der Waals surface area contributed by atoms with Crippen molar-refractivity contribution < 1.29 is 19.8 Å². The molecule has 0 bridgehead atoms. The third-order valence-electron chi connectivity index (χ3n) is 3.41. The van der Waals surface area contributed by atoms with Gasteiger partial charge in [-0.05, 0) is 32.6 Å². The van der Waals surface area contributed by atoms with Crippen molar-refractivity contribution in [2.24, 2.45) is 11.8 Å². The molecule has 2 unspecified atom stereocenters. The zero-order valence-corrected chi connectivity index (χ0v) is 10.3. The predicted octanol–water partition coefficient (Wildman–Crippen LogP) is 0.718. The molecule has 17 heavy (non-hydrogen) atoms. The number of carbonyl (C=O) groups excluding carboxylic acids is 1. The van der Waals surface area contributed by atoms with Gasteiger partial charge in [-0.3, -0.25) is 9.59 Å². The summed E-state index contributed by atoms with van der Waals surface area (Å²) in [5, 5.41) is 17.6. The number of rotatable bonds is 6. The maximum atomic E-state index is 12.1. The van der Waals surface area contributed by atoms with E-state index in [4.69, 9.17) is 10.2 Å². The molecule has 1 aliphatic carbocycles. The third-order valence-corrected chi connectivity index (χ3v) is 3.41. The Kier molecular flexibility index (Phi) is 5.41. The number of amides is 1. The number of aliphatic hydroxyl groups is 1. The lowest BCUT2D eigenvalue weighted by molar-refractivity contribution is -0.141. The maximum Gasteiger partial charge on any atom is 0.306 e. The highest BCUT2D eigenvalue weighted by molar-refractivity contribution is 5.81. The lowest BCUT2D eigenvalue weighted by atomic mass is 10.0. The minimum Gasteiger partial charge on any atom is -0.481 e. The molecule has 98 valence electrons. The van der Waals surface area contributed by atoms with Gasteiger partial charge in [0.05, 0.1) is 5.92 Å². The van der Waals surface area contributed by atoms with Crippen LogP contribution in [0.1, 0.15) is 32.6 Å². The molecule has 1 rings (SSSR count). The first-order valence-electron chi connectivity index (χ1n) is 6.22. The third kappa shape index (κ3) is 3.70. The van der Waals surface area contributed by atoms with Crippen molar-refractivity contribution in [2.75, 3.05) is 19.7 Å². The summed E-state index contributed by atoms with van der Waals surface area (Å²) in [5.74, 6) is -1.25. The second-order valence-electron chi connectivity index (χ2n) is 4.54. The lowest BCUT2D eigenvalue weighted by Gasteiger charge is -2.23. The van der Waals surface area contributed by atoms with Crippen LogP contribution < -0.4 is 0 Å². The largest absolute Gasteiger partial charge is 0.481 e. The normalized spacial score (nSPS) is 23.6. The van der Waals surface area contributed by atoms with Gasteiger partial charge in [-0.15, -0.1) is 0 Å². The first-order valence-corrected chi connectivity index (χ1v) is 6.22. The van der Waals surface area contributed by atoms with Gasteiger partial charge >= 0.3 is 5.97 Å². The molecule has 1 fully saturated rings. The number of carboxylic acids is 1. The Hall–Kier alpha value is -1.10. The van der Waals surface area contributed by atoms with E-state index < -0.39 is 5.97 Å². The molecule has 1 aliphatic rings. The van der Waals surface area contributed by atoms with Gasteiger partial charge < -0.3 is 15.1 Å². The van der Waals surface area contributed by atoms with E-state index in [0.717, 1.165) is 0 Å². The van der Waals surface area contributed by atoms with E-state index in [2.05, 4.69) is 0 Å². The molecule has 1 amide bonds. The van der Waals surface area contributed by atoms with Crippen molar-refractivity contribution >= 4 is 11.9 Å². The van der Waals surface area contributed by atoms with Gasteiger partial charge in [-0.2, -0.15) is 0 Å². The standard InChI is InChI=1S/C12H21NO4/c1-2-13(6-3-7-14)11(15)9-4-5-10(8-9)12(16)17/h9-10,14H,2-8H2,1H3,(H,16,17). The van der Waals surface area contributed by atoms with Crippen LogP contribution >= 0.6 is 0 Å². The smallest absolute Gasteiger partial charge is 0.306 e. The van der Waals surface area contributed by atoms with Crippen LogP contribution in [0, 0.1) is 11.8 Å². The van der Waals surface area contributed by atoms with E-state index in [0.29, 0.717) is 38.8 Å².